The van der Waals surface area contributed by atoms with Gasteiger partial charge in [-0.3, -0.25) is 4.79 Å². The third kappa shape index (κ3) is 4.81. The van der Waals surface area contributed by atoms with Gasteiger partial charge in [-0.1, -0.05) is 46.0 Å². The van der Waals surface area contributed by atoms with Gasteiger partial charge >= 0.3 is 0 Å². The number of carbonyl (C=O) groups is 1. The smallest absolute Gasteiger partial charge is 0.229 e. The van der Waals surface area contributed by atoms with Gasteiger partial charge in [-0.15, -0.1) is 10.2 Å². The van der Waals surface area contributed by atoms with Gasteiger partial charge < -0.3 is 5.32 Å². The molecular weight excluding hydrogens is 234 g/mol. The van der Waals surface area contributed by atoms with Crippen molar-refractivity contribution in [2.24, 2.45) is 11.3 Å². The van der Waals surface area contributed by atoms with Crippen LogP contribution in [-0.4, -0.2) is 16.1 Å². The minimum absolute atomic E-state index is 0.0185. The summed E-state index contributed by atoms with van der Waals surface area (Å²) in [6.07, 6.45) is 1.71. The van der Waals surface area contributed by atoms with Crippen molar-refractivity contribution in [2.75, 3.05) is 5.32 Å². The molecule has 0 aliphatic heterocycles. The van der Waals surface area contributed by atoms with E-state index in [9.17, 15) is 4.79 Å². The van der Waals surface area contributed by atoms with Crippen LogP contribution in [0.25, 0.3) is 0 Å². The Morgan fingerprint density at radius 2 is 2.06 bits per heavy atom. The number of anilines is 1. The average Bonchev–Trinajstić information content (AvgIpc) is 2.61. The maximum Gasteiger partial charge on any atom is 0.229 e. The molecule has 0 aliphatic carbocycles. The van der Waals surface area contributed by atoms with E-state index < -0.39 is 0 Å². The fourth-order valence-corrected chi connectivity index (χ4v) is 2.29. The number of amides is 1. The van der Waals surface area contributed by atoms with Crippen molar-refractivity contribution in [2.45, 2.75) is 47.5 Å². The summed E-state index contributed by atoms with van der Waals surface area (Å²) >= 11 is 1.46. The lowest BCUT2D eigenvalue weighted by molar-refractivity contribution is -0.119. The number of nitrogens with one attached hydrogen (secondary N) is 1. The van der Waals surface area contributed by atoms with E-state index in [1.165, 1.54) is 11.3 Å². The molecule has 1 heterocycles. The molecule has 0 radical (unpaired) electrons. The lowest BCUT2D eigenvalue weighted by Crippen LogP contribution is -2.19. The molecule has 1 atom stereocenters. The number of hydrogen-bond acceptors (Lipinski definition) is 4. The summed E-state index contributed by atoms with van der Waals surface area (Å²) in [5.74, 6) is 0.0379. The van der Waals surface area contributed by atoms with Gasteiger partial charge in [-0.05, 0) is 11.8 Å². The summed E-state index contributed by atoms with van der Waals surface area (Å²) in [7, 11) is 0. The van der Waals surface area contributed by atoms with Gasteiger partial charge in [-0.25, -0.2) is 0 Å². The highest BCUT2D eigenvalue weighted by Gasteiger charge is 2.17. The number of hydrogen-bond donors (Lipinski definition) is 1. The van der Waals surface area contributed by atoms with Crippen molar-refractivity contribution < 1.29 is 4.79 Å². The van der Waals surface area contributed by atoms with Crippen LogP contribution in [0.2, 0.25) is 0 Å². The molecule has 96 valence electrons. The van der Waals surface area contributed by atoms with E-state index in [4.69, 9.17) is 0 Å². The van der Waals surface area contributed by atoms with Crippen LogP contribution in [0.3, 0.4) is 0 Å². The van der Waals surface area contributed by atoms with Gasteiger partial charge in [0.2, 0.25) is 11.0 Å². The topological polar surface area (TPSA) is 54.9 Å². The fourth-order valence-electron chi connectivity index (χ4n) is 1.24. The Balaban J connectivity index is 2.60. The fraction of sp³-hybridized carbons (Fsp3) is 0.750. The monoisotopic (exact) mass is 255 g/mol. The first-order valence-corrected chi connectivity index (χ1v) is 6.76. The van der Waals surface area contributed by atoms with Crippen molar-refractivity contribution in [1.82, 2.24) is 10.2 Å². The summed E-state index contributed by atoms with van der Waals surface area (Å²) in [5.41, 5.74) is 0.192. The zero-order valence-electron chi connectivity index (χ0n) is 11.2. The van der Waals surface area contributed by atoms with Crippen LogP contribution in [0, 0.1) is 11.3 Å². The van der Waals surface area contributed by atoms with E-state index in [1.54, 1.807) is 0 Å². The van der Waals surface area contributed by atoms with Crippen molar-refractivity contribution in [3.05, 3.63) is 5.01 Å². The van der Waals surface area contributed by atoms with Crippen molar-refractivity contribution in [3.63, 3.8) is 0 Å². The van der Waals surface area contributed by atoms with Crippen LogP contribution in [0.1, 0.15) is 46.0 Å². The van der Waals surface area contributed by atoms with Crippen LogP contribution >= 0.6 is 11.3 Å². The highest BCUT2D eigenvalue weighted by molar-refractivity contribution is 7.15. The maximum absolute atomic E-state index is 11.7. The van der Waals surface area contributed by atoms with Crippen LogP contribution in [0.4, 0.5) is 5.13 Å². The molecule has 1 amide bonds. The first kappa shape index (κ1) is 14.1. The second kappa shape index (κ2) is 5.58. The second-order valence-corrected chi connectivity index (χ2v) is 6.60. The third-order valence-corrected chi connectivity index (χ3v) is 3.28. The summed E-state index contributed by atoms with van der Waals surface area (Å²) in [5, 5.41) is 12.5. The number of nitrogens with zero attached hydrogens (tertiary/aromatic N) is 2. The largest absolute Gasteiger partial charge is 0.300 e. The normalized spacial score (nSPS) is 13.5. The van der Waals surface area contributed by atoms with E-state index in [-0.39, 0.29) is 17.2 Å². The molecule has 1 N–H and O–H groups in total. The molecule has 17 heavy (non-hydrogen) atoms. The van der Waals surface area contributed by atoms with Crippen molar-refractivity contribution in [3.8, 4) is 0 Å². The average molecular weight is 255 g/mol. The van der Waals surface area contributed by atoms with Crippen molar-refractivity contribution in [1.29, 1.82) is 0 Å². The predicted molar refractivity (Wildman–Crippen MR) is 71.2 cm³/mol. The van der Waals surface area contributed by atoms with E-state index >= 15 is 0 Å². The summed E-state index contributed by atoms with van der Waals surface area (Å²) in [6, 6.07) is 0. The molecule has 0 aliphatic rings. The molecule has 0 fully saturated rings. The molecular formula is C12H21N3OS. The lowest BCUT2D eigenvalue weighted by Gasteiger charge is -2.14. The minimum atomic E-state index is 0.0185. The molecule has 1 aromatic heterocycles. The van der Waals surface area contributed by atoms with Crippen LogP contribution in [-0.2, 0) is 11.2 Å². The number of rotatable bonds is 4. The Labute approximate surface area is 107 Å². The van der Waals surface area contributed by atoms with Crippen molar-refractivity contribution >= 4 is 22.4 Å². The Kier molecular flexibility index (Phi) is 4.62. The van der Waals surface area contributed by atoms with Crippen LogP contribution in [0.15, 0.2) is 0 Å². The van der Waals surface area contributed by atoms with E-state index in [1.807, 2.05) is 13.8 Å². The Morgan fingerprint density at radius 3 is 2.59 bits per heavy atom. The standard InChI is InChI=1S/C12H21N3OS/c1-6-8(2)10(16)13-11-15-14-9(17-11)7-12(3,4)5/h8H,6-7H2,1-5H3,(H,13,15,16). The molecule has 1 rings (SSSR count). The SMILES string of the molecule is CCC(C)C(=O)Nc1nnc(CC(C)(C)C)s1. The van der Waals surface area contributed by atoms with Gasteiger partial charge in [0.05, 0.1) is 0 Å². The molecule has 0 aromatic carbocycles. The first-order chi connectivity index (χ1) is 7.81. The molecule has 0 saturated heterocycles. The molecule has 0 spiro atoms. The van der Waals surface area contributed by atoms with Crippen LogP contribution < -0.4 is 5.32 Å². The first-order valence-electron chi connectivity index (χ1n) is 5.95. The lowest BCUT2D eigenvalue weighted by atomic mass is 9.93. The zero-order chi connectivity index (χ0) is 13.1. The Morgan fingerprint density at radius 1 is 1.41 bits per heavy atom. The van der Waals surface area contributed by atoms with Gasteiger partial charge in [0.25, 0.3) is 0 Å². The molecule has 5 heteroatoms. The van der Waals surface area contributed by atoms with Gasteiger partial charge in [0.1, 0.15) is 5.01 Å². The zero-order valence-corrected chi connectivity index (χ0v) is 12.0. The summed E-state index contributed by atoms with van der Waals surface area (Å²) in [6.45, 7) is 10.4. The van der Waals surface area contributed by atoms with Gasteiger partial charge in [0, 0.05) is 12.3 Å². The minimum Gasteiger partial charge on any atom is -0.300 e. The van der Waals surface area contributed by atoms with Gasteiger partial charge in [0.15, 0.2) is 0 Å². The second-order valence-electron chi connectivity index (χ2n) is 5.54. The molecule has 0 bridgehead atoms. The summed E-state index contributed by atoms with van der Waals surface area (Å²) < 4.78 is 0. The highest BCUT2D eigenvalue weighted by Crippen LogP contribution is 2.25. The molecule has 4 nitrogen and oxygen atoms in total. The van der Waals surface area contributed by atoms with E-state index in [0.717, 1.165) is 17.8 Å². The van der Waals surface area contributed by atoms with E-state index in [2.05, 4.69) is 36.3 Å². The van der Waals surface area contributed by atoms with Crippen LogP contribution in [0.5, 0.6) is 0 Å². The van der Waals surface area contributed by atoms with Gasteiger partial charge in [-0.2, -0.15) is 0 Å². The molecule has 1 unspecified atom stereocenters. The quantitative estimate of drug-likeness (QED) is 0.899. The number of carbonyl (C=O) groups excluding carboxylic acids is 1. The number of aromatic nitrogens is 2. The molecule has 0 saturated carbocycles. The Hall–Kier alpha value is -0.970. The maximum atomic E-state index is 11.7. The van der Waals surface area contributed by atoms with E-state index in [0.29, 0.717) is 5.13 Å². The highest BCUT2D eigenvalue weighted by atomic mass is 32.1. The predicted octanol–water partition coefficient (Wildman–Crippen LogP) is 3.11. The summed E-state index contributed by atoms with van der Waals surface area (Å²) in [4.78, 5) is 11.7. The Bertz CT molecular complexity index is 381. The third-order valence-electron chi connectivity index (χ3n) is 2.44. The molecule has 1 aromatic rings.